The van der Waals surface area contributed by atoms with Crippen molar-refractivity contribution in [3.05, 3.63) is 64.4 Å². The smallest absolute Gasteiger partial charge is 0.232 e. The Morgan fingerprint density at radius 3 is 2.48 bits per heavy atom. The number of ketones is 1. The summed E-state index contributed by atoms with van der Waals surface area (Å²) in [5, 5.41) is 19.8. The summed E-state index contributed by atoms with van der Waals surface area (Å²) in [6.07, 6.45) is 1.76. The number of nitrogens with one attached hydrogen (secondary N) is 2. The summed E-state index contributed by atoms with van der Waals surface area (Å²) in [5.74, 6) is 0.864. The molecule has 0 amide bonds. The molecule has 4 N–H and O–H groups in total. The number of hydrogen-bond acceptors (Lipinski definition) is 4. The van der Waals surface area contributed by atoms with Crippen LogP contribution in [0.3, 0.4) is 0 Å². The van der Waals surface area contributed by atoms with Crippen LogP contribution in [0.25, 0.3) is 6.08 Å². The Bertz CT molecular complexity index is 932. The molecule has 6 heteroatoms. The molecule has 0 spiro atoms. The highest BCUT2D eigenvalue weighted by Crippen LogP contribution is 2.41. The van der Waals surface area contributed by atoms with E-state index in [2.05, 4.69) is 0 Å². The first kappa shape index (κ1) is 19.6. The van der Waals surface area contributed by atoms with Crippen LogP contribution < -0.4 is 14.5 Å². The number of aliphatic hydroxyl groups excluding tert-OH is 1. The SMILES string of the molecule is Cc1cc(O)c(C[NH+]2CC[NH+](CCO)CC2)c2c1C(=O)/C(=C/c1ccccc1)O2. The van der Waals surface area contributed by atoms with Gasteiger partial charge < -0.3 is 24.7 Å². The number of hydrogen-bond donors (Lipinski definition) is 4. The molecule has 2 aliphatic rings. The van der Waals surface area contributed by atoms with Gasteiger partial charge in [0.1, 0.15) is 45.0 Å². The minimum Gasteiger partial charge on any atom is -0.507 e. The summed E-state index contributed by atoms with van der Waals surface area (Å²) in [5.41, 5.74) is 2.90. The molecule has 0 atom stereocenters. The van der Waals surface area contributed by atoms with E-state index in [0.717, 1.165) is 43.9 Å². The zero-order chi connectivity index (χ0) is 20.4. The Morgan fingerprint density at radius 1 is 1.10 bits per heavy atom. The van der Waals surface area contributed by atoms with E-state index in [-0.39, 0.29) is 18.1 Å². The Labute approximate surface area is 170 Å². The molecule has 0 radical (unpaired) electrons. The summed E-state index contributed by atoms with van der Waals surface area (Å²) in [7, 11) is 0. The van der Waals surface area contributed by atoms with Crippen LogP contribution in [0.1, 0.15) is 27.0 Å². The number of rotatable bonds is 5. The van der Waals surface area contributed by atoms with Gasteiger partial charge in [0, 0.05) is 0 Å². The highest BCUT2D eigenvalue weighted by molar-refractivity contribution is 6.15. The lowest BCUT2D eigenvalue weighted by Crippen LogP contribution is -3.27. The van der Waals surface area contributed by atoms with E-state index in [9.17, 15) is 9.90 Å². The molecule has 2 aromatic rings. The van der Waals surface area contributed by atoms with Gasteiger partial charge in [0.25, 0.3) is 0 Å². The molecule has 0 unspecified atom stereocenters. The molecule has 1 fully saturated rings. The fourth-order valence-electron chi connectivity index (χ4n) is 4.24. The third-order valence-corrected chi connectivity index (χ3v) is 5.87. The van der Waals surface area contributed by atoms with Crippen molar-refractivity contribution in [2.45, 2.75) is 13.5 Å². The normalized spacial score (nSPS) is 22.6. The molecule has 0 aromatic heterocycles. The fraction of sp³-hybridized carbons (Fsp3) is 0.348. The number of piperazine rings is 1. The number of allylic oxidation sites excluding steroid dienone is 1. The van der Waals surface area contributed by atoms with Crippen molar-refractivity contribution in [1.82, 2.24) is 0 Å². The lowest BCUT2D eigenvalue weighted by atomic mass is 9.99. The second-order valence-corrected chi connectivity index (χ2v) is 7.90. The molecule has 2 heterocycles. The number of fused-ring (bicyclic) bond motifs is 1. The van der Waals surface area contributed by atoms with Crippen LogP contribution in [0.2, 0.25) is 0 Å². The van der Waals surface area contributed by atoms with Crippen LogP contribution in [0.15, 0.2) is 42.2 Å². The molecule has 4 rings (SSSR count). The van der Waals surface area contributed by atoms with Crippen LogP contribution in [-0.4, -0.2) is 55.3 Å². The number of aliphatic hydroxyl groups is 1. The van der Waals surface area contributed by atoms with Crippen molar-refractivity contribution in [3.8, 4) is 11.5 Å². The standard InChI is InChI=1S/C23H26N2O4/c1-16-13-19(27)18(15-25-9-7-24(8-10-25)11-12-26)23-21(16)22(28)20(29-23)14-17-5-3-2-4-6-17/h2-6,13-14,26-27H,7-12,15H2,1H3/p+2/b20-14-. The van der Waals surface area contributed by atoms with Gasteiger partial charge in [0.2, 0.25) is 5.78 Å². The number of ether oxygens (including phenoxy) is 1. The molecule has 2 aliphatic heterocycles. The lowest BCUT2D eigenvalue weighted by Gasteiger charge is -2.29. The van der Waals surface area contributed by atoms with Crippen LogP contribution in [0.5, 0.6) is 11.5 Å². The van der Waals surface area contributed by atoms with Crippen molar-refractivity contribution >= 4 is 11.9 Å². The molecule has 2 aromatic carbocycles. The van der Waals surface area contributed by atoms with Gasteiger partial charge in [0.15, 0.2) is 11.5 Å². The van der Waals surface area contributed by atoms with Gasteiger partial charge in [-0.25, -0.2) is 0 Å². The second-order valence-electron chi connectivity index (χ2n) is 7.90. The van der Waals surface area contributed by atoms with Gasteiger partial charge in [-0.3, -0.25) is 4.79 Å². The van der Waals surface area contributed by atoms with Crippen molar-refractivity contribution in [1.29, 1.82) is 0 Å². The third kappa shape index (κ3) is 4.05. The van der Waals surface area contributed by atoms with Crippen molar-refractivity contribution in [3.63, 3.8) is 0 Å². The lowest BCUT2D eigenvalue weighted by molar-refractivity contribution is -1.02. The van der Waals surface area contributed by atoms with E-state index in [1.807, 2.05) is 37.3 Å². The van der Waals surface area contributed by atoms with Gasteiger partial charge in [-0.15, -0.1) is 0 Å². The molecule has 152 valence electrons. The first-order valence-corrected chi connectivity index (χ1v) is 10.2. The topological polar surface area (TPSA) is 75.6 Å². The Morgan fingerprint density at radius 2 is 1.79 bits per heavy atom. The monoisotopic (exact) mass is 396 g/mol. The maximum absolute atomic E-state index is 13.0. The van der Waals surface area contributed by atoms with Gasteiger partial charge >= 0.3 is 0 Å². The first-order valence-electron chi connectivity index (χ1n) is 10.2. The Hall–Kier alpha value is -2.67. The van der Waals surface area contributed by atoms with Crippen molar-refractivity contribution in [2.75, 3.05) is 39.3 Å². The molecular weight excluding hydrogens is 368 g/mol. The summed E-state index contributed by atoms with van der Waals surface area (Å²) >= 11 is 0. The number of Topliss-reactive ketones (excluding diaryl/α,β-unsaturated/α-hetero) is 1. The van der Waals surface area contributed by atoms with Gasteiger partial charge in [-0.1, -0.05) is 30.3 Å². The van der Waals surface area contributed by atoms with Gasteiger partial charge in [-0.05, 0) is 30.2 Å². The number of aromatic hydroxyl groups is 1. The summed E-state index contributed by atoms with van der Waals surface area (Å²) < 4.78 is 6.02. The summed E-state index contributed by atoms with van der Waals surface area (Å²) in [6.45, 7) is 7.34. The average molecular weight is 396 g/mol. The van der Waals surface area contributed by atoms with Crippen LogP contribution >= 0.6 is 0 Å². The molecule has 0 saturated carbocycles. The number of carbonyl (C=O) groups is 1. The molecule has 6 nitrogen and oxygen atoms in total. The average Bonchev–Trinajstić information content (AvgIpc) is 3.04. The van der Waals surface area contributed by atoms with E-state index in [0.29, 0.717) is 29.2 Å². The molecular formula is C23H28N2O4+2. The number of aryl methyl sites for hydroxylation is 1. The summed E-state index contributed by atoms with van der Waals surface area (Å²) in [6, 6.07) is 11.3. The molecule has 1 saturated heterocycles. The highest BCUT2D eigenvalue weighted by Gasteiger charge is 2.35. The van der Waals surface area contributed by atoms with Crippen LogP contribution in [0, 0.1) is 6.92 Å². The minimum atomic E-state index is -0.130. The number of benzene rings is 2. The molecule has 0 bridgehead atoms. The quantitative estimate of drug-likeness (QED) is 0.519. The van der Waals surface area contributed by atoms with E-state index in [4.69, 9.17) is 9.84 Å². The van der Waals surface area contributed by atoms with Crippen molar-refractivity contribution < 1.29 is 29.5 Å². The number of quaternary nitrogens is 2. The maximum atomic E-state index is 13.0. The zero-order valence-electron chi connectivity index (χ0n) is 16.7. The van der Waals surface area contributed by atoms with Crippen LogP contribution in [0.4, 0.5) is 0 Å². The predicted molar refractivity (Wildman–Crippen MR) is 109 cm³/mol. The molecule has 0 aliphatic carbocycles. The van der Waals surface area contributed by atoms with E-state index < -0.39 is 0 Å². The second kappa shape index (κ2) is 8.37. The number of carbonyl (C=O) groups excluding carboxylic acids is 1. The minimum absolute atomic E-state index is 0.130. The van der Waals surface area contributed by atoms with Gasteiger partial charge in [-0.2, -0.15) is 0 Å². The maximum Gasteiger partial charge on any atom is 0.232 e. The number of phenolic OH excluding ortho intramolecular Hbond substituents is 1. The van der Waals surface area contributed by atoms with E-state index in [1.165, 1.54) is 9.80 Å². The largest absolute Gasteiger partial charge is 0.507 e. The van der Waals surface area contributed by atoms with E-state index in [1.54, 1.807) is 12.1 Å². The Kier molecular flexibility index (Phi) is 5.67. The molecule has 29 heavy (non-hydrogen) atoms. The zero-order valence-corrected chi connectivity index (χ0v) is 16.7. The first-order chi connectivity index (χ1) is 14.1. The predicted octanol–water partition coefficient (Wildman–Crippen LogP) is -0.407. The summed E-state index contributed by atoms with van der Waals surface area (Å²) in [4.78, 5) is 15.7. The highest BCUT2D eigenvalue weighted by atomic mass is 16.5. The van der Waals surface area contributed by atoms with E-state index >= 15 is 0 Å². The fourth-order valence-corrected chi connectivity index (χ4v) is 4.24. The van der Waals surface area contributed by atoms with Gasteiger partial charge in [0.05, 0.1) is 17.7 Å². The van der Waals surface area contributed by atoms with Crippen LogP contribution in [-0.2, 0) is 6.54 Å². The number of phenols is 1. The Balaban J connectivity index is 1.59. The van der Waals surface area contributed by atoms with Crippen molar-refractivity contribution in [2.24, 2.45) is 0 Å². The third-order valence-electron chi connectivity index (χ3n) is 5.87.